The number of carboxylic acids is 1. The van der Waals surface area contributed by atoms with Crippen molar-refractivity contribution >= 4 is 23.3 Å². The molecule has 5 N–H and O–H groups in total. The van der Waals surface area contributed by atoms with Crippen LogP contribution in [0.15, 0.2) is 60.7 Å². The molecule has 0 atom stereocenters. The van der Waals surface area contributed by atoms with Gasteiger partial charge in [0.05, 0.1) is 30.0 Å². The van der Waals surface area contributed by atoms with E-state index in [-0.39, 0.29) is 22.6 Å². The van der Waals surface area contributed by atoms with Crippen LogP contribution in [0.1, 0.15) is 26.3 Å². The first kappa shape index (κ1) is 22.3. The first-order valence-corrected chi connectivity index (χ1v) is 10.6. The summed E-state index contributed by atoms with van der Waals surface area (Å²) in [7, 11) is 0. The molecule has 0 aromatic heterocycles. The van der Waals surface area contributed by atoms with Gasteiger partial charge in [0.1, 0.15) is 5.75 Å². The molecule has 1 fully saturated rings. The summed E-state index contributed by atoms with van der Waals surface area (Å²) in [6, 6.07) is 17.1. The van der Waals surface area contributed by atoms with E-state index in [0.717, 1.165) is 22.4 Å². The first-order chi connectivity index (χ1) is 16.0. The fourth-order valence-corrected chi connectivity index (χ4v) is 3.90. The van der Waals surface area contributed by atoms with Gasteiger partial charge in [-0.3, -0.25) is 4.79 Å². The van der Waals surface area contributed by atoms with Crippen LogP contribution in [0.25, 0.3) is 11.1 Å². The fraction of sp³-hybridized carbons (Fsp3) is 0.200. The van der Waals surface area contributed by atoms with Crippen molar-refractivity contribution in [3.05, 3.63) is 77.4 Å². The molecule has 3 aromatic rings. The van der Waals surface area contributed by atoms with Gasteiger partial charge in [-0.05, 0) is 47.0 Å². The molecule has 0 aliphatic carbocycles. The SMILES string of the molecule is NCc1ccccc1-c1ccc(C(=O)O)c(NC(=O)c2cc(N3CCOCC3)ccc2O)c1. The van der Waals surface area contributed by atoms with Crippen LogP contribution in [0.3, 0.4) is 0 Å². The minimum absolute atomic E-state index is 0.0545. The highest BCUT2D eigenvalue weighted by Crippen LogP contribution is 2.30. The van der Waals surface area contributed by atoms with Crippen LogP contribution < -0.4 is 16.0 Å². The van der Waals surface area contributed by atoms with Gasteiger partial charge in [-0.1, -0.05) is 30.3 Å². The molecule has 4 rings (SSSR count). The van der Waals surface area contributed by atoms with Crippen LogP contribution in [-0.2, 0) is 11.3 Å². The number of nitrogens with one attached hydrogen (secondary N) is 1. The predicted octanol–water partition coefficient (Wildman–Crippen LogP) is 3.31. The van der Waals surface area contributed by atoms with Crippen LogP contribution in [0.5, 0.6) is 5.75 Å². The average Bonchev–Trinajstić information content (AvgIpc) is 2.84. The Hall–Kier alpha value is -3.88. The number of carbonyl (C=O) groups excluding carboxylic acids is 1. The minimum Gasteiger partial charge on any atom is -0.507 e. The lowest BCUT2D eigenvalue weighted by Crippen LogP contribution is -2.36. The summed E-state index contributed by atoms with van der Waals surface area (Å²) >= 11 is 0. The zero-order chi connectivity index (χ0) is 23.4. The van der Waals surface area contributed by atoms with Crippen molar-refractivity contribution in [3.63, 3.8) is 0 Å². The standard InChI is InChI=1S/C25H25N3O5/c26-15-17-3-1-2-4-19(17)16-5-7-20(25(31)32)22(13-16)27-24(30)21-14-18(6-8-23(21)29)28-9-11-33-12-10-28/h1-8,13-14,29H,9-12,15,26H2,(H,27,30)(H,31,32). The van der Waals surface area contributed by atoms with Gasteiger partial charge in [0.15, 0.2) is 0 Å². The lowest BCUT2D eigenvalue weighted by Gasteiger charge is -2.29. The topological polar surface area (TPSA) is 125 Å². The third-order valence-electron chi connectivity index (χ3n) is 5.65. The summed E-state index contributed by atoms with van der Waals surface area (Å²) in [6.45, 7) is 2.85. The number of ether oxygens (including phenoxy) is 1. The molecule has 33 heavy (non-hydrogen) atoms. The van der Waals surface area contributed by atoms with Crippen LogP contribution >= 0.6 is 0 Å². The second kappa shape index (κ2) is 9.72. The largest absolute Gasteiger partial charge is 0.507 e. The lowest BCUT2D eigenvalue weighted by molar-refractivity contribution is 0.0698. The number of nitrogens with two attached hydrogens (primary N) is 1. The van der Waals surface area contributed by atoms with E-state index in [0.29, 0.717) is 32.8 Å². The molecule has 0 radical (unpaired) electrons. The Labute approximate surface area is 191 Å². The number of amides is 1. The summed E-state index contributed by atoms with van der Waals surface area (Å²) in [5, 5.41) is 22.6. The molecule has 0 saturated carbocycles. The summed E-state index contributed by atoms with van der Waals surface area (Å²) < 4.78 is 5.37. The molecule has 1 saturated heterocycles. The van der Waals surface area contributed by atoms with Crippen LogP contribution in [0.4, 0.5) is 11.4 Å². The Morgan fingerprint density at radius 1 is 1.00 bits per heavy atom. The van der Waals surface area contributed by atoms with E-state index >= 15 is 0 Å². The number of rotatable bonds is 6. The number of morpholine rings is 1. The number of aromatic carboxylic acids is 1. The molecule has 1 aliphatic rings. The van der Waals surface area contributed by atoms with Crippen LogP contribution in [0.2, 0.25) is 0 Å². The number of benzene rings is 3. The van der Waals surface area contributed by atoms with Crippen molar-refractivity contribution in [1.82, 2.24) is 0 Å². The summed E-state index contributed by atoms with van der Waals surface area (Å²) in [4.78, 5) is 26.9. The Morgan fingerprint density at radius 3 is 2.48 bits per heavy atom. The van der Waals surface area contributed by atoms with Crippen LogP contribution in [-0.4, -0.2) is 48.4 Å². The number of nitrogens with zero attached hydrogens (tertiary/aromatic N) is 1. The first-order valence-electron chi connectivity index (χ1n) is 10.6. The number of hydrogen-bond acceptors (Lipinski definition) is 6. The van der Waals surface area contributed by atoms with E-state index < -0.39 is 11.9 Å². The maximum atomic E-state index is 13.1. The molecule has 3 aromatic carbocycles. The van der Waals surface area contributed by atoms with E-state index in [1.807, 2.05) is 24.3 Å². The van der Waals surface area contributed by atoms with Crippen molar-refractivity contribution in [2.24, 2.45) is 5.73 Å². The Kier molecular flexibility index (Phi) is 6.58. The van der Waals surface area contributed by atoms with Gasteiger partial charge < -0.3 is 30.9 Å². The quantitative estimate of drug-likeness (QED) is 0.457. The van der Waals surface area contributed by atoms with Crippen molar-refractivity contribution in [2.45, 2.75) is 6.54 Å². The molecule has 170 valence electrons. The number of phenolic OH excluding ortho intramolecular Hbond substituents is 1. The maximum Gasteiger partial charge on any atom is 0.337 e. The third-order valence-corrected chi connectivity index (χ3v) is 5.65. The number of aromatic hydroxyl groups is 1. The number of phenols is 1. The van der Waals surface area contributed by atoms with Crippen molar-refractivity contribution in [1.29, 1.82) is 0 Å². The molecule has 0 bridgehead atoms. The average molecular weight is 447 g/mol. The van der Waals surface area contributed by atoms with Crippen molar-refractivity contribution in [2.75, 3.05) is 36.5 Å². The van der Waals surface area contributed by atoms with E-state index in [1.54, 1.807) is 24.3 Å². The van der Waals surface area contributed by atoms with E-state index in [9.17, 15) is 19.8 Å². The molecule has 1 aliphatic heterocycles. The molecular formula is C25H25N3O5. The predicted molar refractivity (Wildman–Crippen MR) is 126 cm³/mol. The van der Waals surface area contributed by atoms with E-state index in [4.69, 9.17) is 10.5 Å². The number of hydrogen-bond donors (Lipinski definition) is 4. The monoisotopic (exact) mass is 447 g/mol. The van der Waals surface area contributed by atoms with Gasteiger partial charge in [0, 0.05) is 25.3 Å². The van der Waals surface area contributed by atoms with Gasteiger partial charge >= 0.3 is 5.97 Å². The zero-order valence-corrected chi connectivity index (χ0v) is 18.0. The molecule has 8 heteroatoms. The third kappa shape index (κ3) is 4.82. The van der Waals surface area contributed by atoms with Gasteiger partial charge in [-0.25, -0.2) is 4.79 Å². The number of anilines is 2. The highest BCUT2D eigenvalue weighted by atomic mass is 16.5. The molecular weight excluding hydrogens is 422 g/mol. The summed E-state index contributed by atoms with van der Waals surface area (Å²) in [6.07, 6.45) is 0. The second-order valence-electron chi connectivity index (χ2n) is 7.68. The molecule has 8 nitrogen and oxygen atoms in total. The highest BCUT2D eigenvalue weighted by Gasteiger charge is 2.20. The fourth-order valence-electron chi connectivity index (χ4n) is 3.90. The number of carbonyl (C=O) groups is 2. The molecule has 0 spiro atoms. The second-order valence-corrected chi connectivity index (χ2v) is 7.68. The summed E-state index contributed by atoms with van der Waals surface area (Å²) in [5.41, 5.74) is 9.24. The number of carboxylic acid groups (broad SMARTS) is 1. The summed E-state index contributed by atoms with van der Waals surface area (Å²) in [5.74, 6) is -1.96. The lowest BCUT2D eigenvalue weighted by atomic mass is 9.97. The van der Waals surface area contributed by atoms with Gasteiger partial charge in [-0.15, -0.1) is 0 Å². The minimum atomic E-state index is -1.17. The van der Waals surface area contributed by atoms with Crippen molar-refractivity contribution < 1.29 is 24.5 Å². The Balaban J connectivity index is 1.68. The van der Waals surface area contributed by atoms with Gasteiger partial charge in [0.2, 0.25) is 0 Å². The van der Waals surface area contributed by atoms with E-state index in [2.05, 4.69) is 10.2 Å². The molecule has 0 unspecified atom stereocenters. The highest BCUT2D eigenvalue weighted by molar-refractivity contribution is 6.10. The Bertz CT molecular complexity index is 1190. The van der Waals surface area contributed by atoms with Gasteiger partial charge in [-0.2, -0.15) is 0 Å². The van der Waals surface area contributed by atoms with Gasteiger partial charge in [0.25, 0.3) is 5.91 Å². The van der Waals surface area contributed by atoms with Crippen LogP contribution in [0, 0.1) is 0 Å². The molecule has 1 heterocycles. The van der Waals surface area contributed by atoms with Crippen molar-refractivity contribution in [3.8, 4) is 16.9 Å². The van der Waals surface area contributed by atoms with E-state index in [1.165, 1.54) is 12.1 Å². The Morgan fingerprint density at radius 2 is 1.76 bits per heavy atom. The molecule has 1 amide bonds. The smallest absolute Gasteiger partial charge is 0.337 e. The zero-order valence-electron chi connectivity index (χ0n) is 18.0. The normalized spacial score (nSPS) is 13.5. The maximum absolute atomic E-state index is 13.1.